The van der Waals surface area contributed by atoms with Crippen molar-refractivity contribution >= 4 is 5.91 Å². The maximum absolute atomic E-state index is 12.4. The summed E-state index contributed by atoms with van der Waals surface area (Å²) in [6, 6.07) is 9.81. The van der Waals surface area contributed by atoms with Gasteiger partial charge in [-0.3, -0.25) is 4.79 Å². The molecule has 22 heavy (non-hydrogen) atoms. The van der Waals surface area contributed by atoms with Gasteiger partial charge in [-0.2, -0.15) is 4.80 Å². The first kappa shape index (κ1) is 14.6. The van der Waals surface area contributed by atoms with Crippen LogP contribution in [0.2, 0.25) is 0 Å². The maximum Gasteiger partial charge on any atom is 0.246 e. The molecule has 1 amide bonds. The van der Waals surface area contributed by atoms with Gasteiger partial charge in [-0.05, 0) is 31.0 Å². The van der Waals surface area contributed by atoms with E-state index in [-0.39, 0.29) is 18.5 Å². The Bertz CT molecular complexity index is 640. The van der Waals surface area contributed by atoms with Crippen molar-refractivity contribution in [3.63, 3.8) is 0 Å². The number of carbonyl (C=O) groups excluding carboxylic acids is 1. The molecule has 2 unspecified atom stereocenters. The van der Waals surface area contributed by atoms with Crippen LogP contribution in [0, 0.1) is 5.92 Å². The fraction of sp³-hybridized carbons (Fsp3) is 0.467. The van der Waals surface area contributed by atoms with Gasteiger partial charge >= 0.3 is 0 Å². The molecule has 2 aromatic rings. The van der Waals surface area contributed by atoms with E-state index in [1.165, 1.54) is 4.80 Å². The van der Waals surface area contributed by atoms with Crippen LogP contribution in [-0.2, 0) is 11.3 Å². The van der Waals surface area contributed by atoms with Gasteiger partial charge in [0.15, 0.2) is 0 Å². The molecule has 3 rings (SSSR count). The van der Waals surface area contributed by atoms with Gasteiger partial charge in [0.05, 0.1) is 0 Å². The lowest BCUT2D eigenvalue weighted by Crippen LogP contribution is -2.37. The number of hydrogen-bond acceptors (Lipinski definition) is 5. The number of rotatable bonds is 4. The van der Waals surface area contributed by atoms with Crippen LogP contribution in [0.3, 0.4) is 0 Å². The van der Waals surface area contributed by atoms with Gasteiger partial charge < -0.3 is 10.6 Å². The van der Waals surface area contributed by atoms with Crippen molar-refractivity contribution < 1.29 is 4.79 Å². The molecule has 1 aromatic heterocycles. The predicted molar refractivity (Wildman–Crippen MR) is 81.6 cm³/mol. The maximum atomic E-state index is 12.4. The van der Waals surface area contributed by atoms with E-state index in [0.29, 0.717) is 18.3 Å². The zero-order chi connectivity index (χ0) is 15.5. The molecule has 1 aromatic carbocycles. The van der Waals surface area contributed by atoms with Crippen molar-refractivity contribution in [2.45, 2.75) is 25.9 Å². The Hall–Kier alpha value is -2.28. The lowest BCUT2D eigenvalue weighted by molar-refractivity contribution is -0.132. The molecule has 1 saturated heterocycles. The number of amides is 1. The van der Waals surface area contributed by atoms with Gasteiger partial charge in [-0.15, -0.1) is 10.2 Å². The lowest BCUT2D eigenvalue weighted by Gasteiger charge is -2.20. The third-order valence-corrected chi connectivity index (χ3v) is 4.08. The average Bonchev–Trinajstić information content (AvgIpc) is 3.14. The molecule has 0 aliphatic carbocycles. The van der Waals surface area contributed by atoms with Crippen LogP contribution < -0.4 is 5.73 Å². The molecule has 2 atom stereocenters. The van der Waals surface area contributed by atoms with E-state index in [0.717, 1.165) is 18.5 Å². The topological polar surface area (TPSA) is 89.9 Å². The van der Waals surface area contributed by atoms with Crippen LogP contribution in [0.4, 0.5) is 0 Å². The number of hydrogen-bond donors (Lipinski definition) is 1. The predicted octanol–water partition coefficient (Wildman–Crippen LogP) is 0.536. The number of benzene rings is 1. The summed E-state index contributed by atoms with van der Waals surface area (Å²) in [5, 5.41) is 12.3. The van der Waals surface area contributed by atoms with E-state index >= 15 is 0 Å². The van der Waals surface area contributed by atoms with Crippen LogP contribution in [0.1, 0.15) is 13.3 Å². The fourth-order valence-corrected chi connectivity index (χ4v) is 2.89. The first-order valence-electron chi connectivity index (χ1n) is 7.50. The second-order valence-electron chi connectivity index (χ2n) is 5.74. The molecule has 1 aliphatic rings. The van der Waals surface area contributed by atoms with Crippen molar-refractivity contribution in [1.29, 1.82) is 0 Å². The molecule has 2 N–H and O–H groups in total. The number of aromatic nitrogens is 4. The average molecular weight is 300 g/mol. The van der Waals surface area contributed by atoms with E-state index < -0.39 is 0 Å². The Labute approximate surface area is 129 Å². The second kappa shape index (κ2) is 6.23. The summed E-state index contributed by atoms with van der Waals surface area (Å²) in [5.74, 6) is 0.936. The summed E-state index contributed by atoms with van der Waals surface area (Å²) < 4.78 is 0. The fourth-order valence-electron chi connectivity index (χ4n) is 2.89. The minimum absolute atomic E-state index is 0.0143. The van der Waals surface area contributed by atoms with E-state index in [1.54, 1.807) is 0 Å². The summed E-state index contributed by atoms with van der Waals surface area (Å²) >= 11 is 0. The Morgan fingerprint density at radius 2 is 2.14 bits per heavy atom. The quantitative estimate of drug-likeness (QED) is 0.890. The van der Waals surface area contributed by atoms with Crippen LogP contribution in [0.5, 0.6) is 0 Å². The zero-order valence-electron chi connectivity index (χ0n) is 12.6. The number of likely N-dealkylation sites (tertiary alicyclic amines) is 1. The van der Waals surface area contributed by atoms with E-state index in [4.69, 9.17) is 5.73 Å². The van der Waals surface area contributed by atoms with Crippen LogP contribution >= 0.6 is 0 Å². The normalized spacial score (nSPS) is 21.3. The Balaban J connectivity index is 1.67. The molecule has 0 spiro atoms. The van der Waals surface area contributed by atoms with Gasteiger partial charge in [0.1, 0.15) is 6.54 Å². The molecule has 7 nitrogen and oxygen atoms in total. The van der Waals surface area contributed by atoms with Crippen molar-refractivity contribution in [2.75, 3.05) is 13.1 Å². The van der Waals surface area contributed by atoms with E-state index in [1.807, 2.05) is 35.2 Å². The molecule has 1 fully saturated rings. The first-order chi connectivity index (χ1) is 10.7. The van der Waals surface area contributed by atoms with Gasteiger partial charge in [-0.25, -0.2) is 0 Å². The first-order valence-corrected chi connectivity index (χ1v) is 7.50. The van der Waals surface area contributed by atoms with Crippen molar-refractivity contribution in [3.05, 3.63) is 30.3 Å². The third kappa shape index (κ3) is 2.99. The largest absolute Gasteiger partial charge is 0.338 e. The van der Waals surface area contributed by atoms with Gasteiger partial charge in [-0.1, -0.05) is 30.3 Å². The number of nitrogens with zero attached hydrogens (tertiary/aromatic N) is 5. The SMILES string of the molecule is CC1CC(CN)CN1C(=O)Cn1nnc(-c2ccccc2)n1. The molecule has 0 saturated carbocycles. The van der Waals surface area contributed by atoms with Crippen LogP contribution in [0.25, 0.3) is 11.4 Å². The van der Waals surface area contributed by atoms with Gasteiger partial charge in [0.2, 0.25) is 11.7 Å². The number of carbonyl (C=O) groups is 1. The second-order valence-corrected chi connectivity index (χ2v) is 5.74. The molecule has 1 aliphatic heterocycles. The summed E-state index contributed by atoms with van der Waals surface area (Å²) in [6.07, 6.45) is 0.961. The number of tetrazole rings is 1. The van der Waals surface area contributed by atoms with Crippen molar-refractivity contribution in [3.8, 4) is 11.4 Å². The third-order valence-electron chi connectivity index (χ3n) is 4.08. The van der Waals surface area contributed by atoms with Gasteiger partial charge in [0, 0.05) is 18.2 Å². The Morgan fingerprint density at radius 1 is 1.36 bits per heavy atom. The molecule has 7 heteroatoms. The summed E-state index contributed by atoms with van der Waals surface area (Å²) in [4.78, 5) is 15.6. The highest BCUT2D eigenvalue weighted by Crippen LogP contribution is 2.22. The Kier molecular flexibility index (Phi) is 4.15. The molecule has 0 bridgehead atoms. The van der Waals surface area contributed by atoms with Crippen molar-refractivity contribution in [2.24, 2.45) is 11.7 Å². The Morgan fingerprint density at radius 3 is 2.82 bits per heavy atom. The van der Waals surface area contributed by atoms with Crippen molar-refractivity contribution in [1.82, 2.24) is 25.1 Å². The molecular formula is C15H20N6O. The molecule has 116 valence electrons. The van der Waals surface area contributed by atoms with Gasteiger partial charge in [0.25, 0.3) is 0 Å². The minimum atomic E-state index is 0.0143. The highest BCUT2D eigenvalue weighted by atomic mass is 16.2. The summed E-state index contributed by atoms with van der Waals surface area (Å²) in [6.45, 7) is 3.50. The molecule has 2 heterocycles. The summed E-state index contributed by atoms with van der Waals surface area (Å²) in [5.41, 5.74) is 6.59. The molecular weight excluding hydrogens is 280 g/mol. The highest BCUT2D eigenvalue weighted by Gasteiger charge is 2.31. The minimum Gasteiger partial charge on any atom is -0.338 e. The zero-order valence-corrected chi connectivity index (χ0v) is 12.6. The number of nitrogens with two attached hydrogens (primary N) is 1. The monoisotopic (exact) mass is 300 g/mol. The highest BCUT2D eigenvalue weighted by molar-refractivity contribution is 5.76. The van der Waals surface area contributed by atoms with Crippen LogP contribution in [-0.4, -0.2) is 50.1 Å². The molecule has 0 radical (unpaired) electrons. The standard InChI is InChI=1S/C15H20N6O/c1-11-7-12(8-16)9-20(11)14(22)10-21-18-15(17-19-21)13-5-3-2-4-6-13/h2-6,11-12H,7-10,16H2,1H3. The summed E-state index contributed by atoms with van der Waals surface area (Å²) in [7, 11) is 0. The van der Waals surface area contributed by atoms with Crippen LogP contribution in [0.15, 0.2) is 30.3 Å². The smallest absolute Gasteiger partial charge is 0.246 e. The van der Waals surface area contributed by atoms with E-state index in [9.17, 15) is 4.79 Å². The lowest BCUT2D eigenvalue weighted by atomic mass is 10.1. The van der Waals surface area contributed by atoms with E-state index in [2.05, 4.69) is 22.3 Å².